The molecule has 0 fully saturated rings. The quantitative estimate of drug-likeness (QED) is 0.00958. The molecular weight excluding hydrogens is 1800 g/mol. The number of carbonyl (C=O) groups excluding carboxylic acids is 13. The Bertz CT molecular complexity index is 5250. The maximum absolute atomic E-state index is 15.3. The average molecular weight is 1940 g/mol. The van der Waals surface area contributed by atoms with Gasteiger partial charge in [-0.1, -0.05) is 54.6 Å². The van der Waals surface area contributed by atoms with Crippen molar-refractivity contribution in [1.29, 1.82) is 43.3 Å². The number of hydrogen-bond donors (Lipinski definition) is 41. The van der Waals surface area contributed by atoms with E-state index in [9.17, 15) is 52.7 Å². The Morgan fingerprint density at radius 2 is 0.460 bits per heavy atom. The summed E-state index contributed by atoms with van der Waals surface area (Å²) in [4.78, 5) is 197. The van der Waals surface area contributed by atoms with Crippen LogP contribution in [0.4, 0.5) is 0 Å². The van der Waals surface area contributed by atoms with Crippen molar-refractivity contribution in [2.24, 2.45) is 57.3 Å². The normalized spacial score (nSPS) is 13.3. The Balaban J connectivity index is 1.24. The molecule has 6 rings (SSSR count). The van der Waals surface area contributed by atoms with Gasteiger partial charge in [0.25, 0.3) is 0 Å². The van der Waals surface area contributed by atoms with Crippen molar-refractivity contribution >= 4 is 157 Å². The number of carbonyl (C=O) groups is 13. The van der Waals surface area contributed by atoms with E-state index in [-0.39, 0.29) is 186 Å². The van der Waals surface area contributed by atoms with Crippen LogP contribution in [0.3, 0.4) is 0 Å². The van der Waals surface area contributed by atoms with E-state index < -0.39 is 192 Å². The second-order valence-corrected chi connectivity index (χ2v) is 32.7. The first kappa shape index (κ1) is 111. The third-order valence-corrected chi connectivity index (χ3v) is 21.8. The smallest absolute Gasteiger partial charge is 0.243 e. The van der Waals surface area contributed by atoms with Gasteiger partial charge in [0.15, 0.2) is 47.7 Å². The van der Waals surface area contributed by atoms with E-state index in [0.717, 1.165) is 16.5 Å². The molecule has 0 aliphatic rings. The van der Waals surface area contributed by atoms with Gasteiger partial charge in [0.1, 0.15) is 60.4 Å². The van der Waals surface area contributed by atoms with Crippen LogP contribution < -0.4 is 164 Å². The lowest BCUT2D eigenvalue weighted by Gasteiger charge is -2.28. The summed E-state index contributed by atoms with van der Waals surface area (Å²) in [6, 6.07) is 5.52. The molecule has 13 amide bonds. The van der Waals surface area contributed by atoms with Crippen molar-refractivity contribution in [2.45, 2.75) is 188 Å². The molecule has 758 valence electrons. The molecule has 51 N–H and O–H groups in total. The van der Waals surface area contributed by atoms with Gasteiger partial charge in [-0.15, -0.1) is 0 Å². The number of nitrogens with one attached hydrogen (secondary N) is 31. The molecule has 0 bridgehead atoms. The van der Waals surface area contributed by atoms with Crippen molar-refractivity contribution in [1.82, 2.24) is 121 Å². The van der Waals surface area contributed by atoms with Crippen molar-refractivity contribution in [3.05, 3.63) is 108 Å². The second kappa shape index (κ2) is 58.6. The van der Waals surface area contributed by atoms with Gasteiger partial charge in [-0.25, -0.2) is 0 Å². The molecule has 3 aromatic carbocycles. The number of hydrogen-bond acceptors (Lipinski definition) is 22. The van der Waals surface area contributed by atoms with Crippen LogP contribution in [0.2, 0.25) is 0 Å². The lowest BCUT2D eigenvalue weighted by Crippen LogP contribution is -2.60. The van der Waals surface area contributed by atoms with Gasteiger partial charge in [0.05, 0.1) is 19.1 Å². The monoisotopic (exact) mass is 1940 g/mol. The number of nitrogens with two attached hydrogens (primary N) is 10. The van der Waals surface area contributed by atoms with E-state index in [4.69, 9.17) is 101 Å². The van der Waals surface area contributed by atoms with Crippen LogP contribution in [0.25, 0.3) is 32.7 Å². The summed E-state index contributed by atoms with van der Waals surface area (Å²) in [5.41, 5.74) is 60.5. The van der Waals surface area contributed by atoms with Crippen LogP contribution in [0.1, 0.15) is 119 Å². The molecule has 0 spiro atoms. The summed E-state index contributed by atoms with van der Waals surface area (Å²) < 4.78 is 0. The fourth-order valence-electron chi connectivity index (χ4n) is 14.7. The third kappa shape index (κ3) is 41.1. The number of guanidine groups is 8. The Labute approximate surface area is 799 Å². The Hall–Kier alpha value is -16.5. The number of aromatic nitrogens is 3. The molecular formula is C85H135N41O13. The molecule has 0 radical (unpaired) electrons. The Morgan fingerprint density at radius 1 is 0.245 bits per heavy atom. The zero-order valence-electron chi connectivity index (χ0n) is 77.1. The second-order valence-electron chi connectivity index (χ2n) is 32.7. The maximum Gasteiger partial charge on any atom is 0.243 e. The molecule has 54 nitrogen and oxygen atoms in total. The molecule has 0 saturated heterocycles. The van der Waals surface area contributed by atoms with E-state index in [0.29, 0.717) is 32.9 Å². The summed E-state index contributed by atoms with van der Waals surface area (Å²) in [7, 11) is 0. The van der Waals surface area contributed by atoms with Crippen molar-refractivity contribution in [3.63, 3.8) is 0 Å². The highest BCUT2D eigenvalue weighted by molar-refractivity contribution is 6.01. The molecule has 0 saturated carbocycles. The SMILES string of the molecule is N=C(N)NCCC[C@H](NC(=O)[C@H](CCCNC(=N)N)NC(=O)[C@H](CCCNC(=N)N)NC(=O)[C@H](CCCNC(=N)N)NC(=O)[C@H](CCCNC(=N)N)NC(=O)[C@H](CCCNC(=N)N)NC(=O)CNC(=O)CNC(=O)[C@H](Cc1c[nH]c2ccccc12)NC(=O)[C@H](CCCNC(=N)N)NC(=O)[C@H](Cc1c[nH]c2ccccc12)NC(=O)[C@H](CCCNC(=N)N)NC(=O)[C@@H](N)Cc1c[nH]c2ccccc12)C(N)=O. The minimum atomic E-state index is -1.60. The van der Waals surface area contributed by atoms with E-state index in [1.807, 2.05) is 24.3 Å². The maximum atomic E-state index is 15.3. The third-order valence-electron chi connectivity index (χ3n) is 21.8. The molecule has 139 heavy (non-hydrogen) atoms. The van der Waals surface area contributed by atoms with Crippen LogP contribution in [-0.2, 0) is 81.6 Å². The first-order chi connectivity index (χ1) is 66.2. The van der Waals surface area contributed by atoms with Crippen LogP contribution in [0.15, 0.2) is 91.4 Å². The Morgan fingerprint density at radius 3 is 0.734 bits per heavy atom. The lowest BCUT2D eigenvalue weighted by molar-refractivity contribution is -0.135. The van der Waals surface area contributed by atoms with Gasteiger partial charge in [0.2, 0.25) is 76.8 Å². The van der Waals surface area contributed by atoms with Gasteiger partial charge in [0, 0.05) is 116 Å². The van der Waals surface area contributed by atoms with Gasteiger partial charge in [-0.2, -0.15) is 0 Å². The molecule has 3 aromatic heterocycles. The zero-order chi connectivity index (χ0) is 102. The summed E-state index contributed by atoms with van der Waals surface area (Å²) in [5.74, 6) is -15.3. The summed E-state index contributed by atoms with van der Waals surface area (Å²) in [6.45, 7) is -1.52. The molecule has 11 atom stereocenters. The first-order valence-corrected chi connectivity index (χ1v) is 45.2. The zero-order valence-corrected chi connectivity index (χ0v) is 77.1. The molecule has 0 unspecified atom stereocenters. The number of aromatic amines is 3. The van der Waals surface area contributed by atoms with Gasteiger partial charge >= 0.3 is 0 Å². The number of para-hydroxylation sites is 3. The number of fused-ring (bicyclic) bond motifs is 3. The minimum Gasteiger partial charge on any atom is -0.370 e. The van der Waals surface area contributed by atoms with Crippen molar-refractivity contribution in [2.75, 3.05) is 65.4 Å². The highest BCUT2D eigenvalue weighted by Gasteiger charge is 2.37. The van der Waals surface area contributed by atoms with Gasteiger partial charge in [-0.3, -0.25) is 106 Å². The molecule has 6 aromatic rings. The average Bonchev–Trinajstić information content (AvgIpc) is 1.69. The first-order valence-electron chi connectivity index (χ1n) is 45.2. The molecule has 3 heterocycles. The van der Waals surface area contributed by atoms with Crippen LogP contribution in [0, 0.1) is 43.3 Å². The standard InChI is InChI=1S/C85H135N41O13/c86-51(37-45-40-112-52-18-4-1-15-48(45)52)68(130)119-57(23-9-31-106-80(92)93)75(137)126-64(39-47-42-114-54-20-6-3-17-50(47)54)77(139)124-62(28-14-36-111-85(102)103)76(138)125-63(38-46-41-113-53-19-5-2-16-49(46)53)69(131)116-43-65(127)115-44-66(128)117-56(22-8-30-105-79(90)91)70(132)120-59(25-11-33-108-82(96)97)72(134)122-61(27-13-35-110-84(100)101)74(136)123-60(26-12-34-109-83(98)99)73(135)121-58(24-10-32-107-81(94)95)71(133)118-55(67(87)129)21-7-29-104-78(88)89/h1-6,15-20,40-42,51,55-64,112-114H,7-14,21-39,43-44,86H2,(H2,87,129)(H,115,127)(H,116,131)(H,117,128)(H,118,133)(H,119,130)(H,120,132)(H,121,135)(H,122,134)(H,123,136)(H,124,139)(H,125,138)(H,126,137)(H4,88,89,104)(H4,90,91,105)(H4,92,93,106)(H4,94,95,107)(H4,96,97,108)(H4,98,99,109)(H4,100,101,110)(H4,102,103,111)/t51-,55-,56-,57-,58-,59-,60-,61-,62-,63-,64-/m0/s1. The van der Waals surface area contributed by atoms with Crippen molar-refractivity contribution < 1.29 is 62.3 Å². The van der Waals surface area contributed by atoms with Crippen LogP contribution in [0.5, 0.6) is 0 Å². The largest absolute Gasteiger partial charge is 0.370 e. The number of rotatable bonds is 63. The van der Waals surface area contributed by atoms with Crippen molar-refractivity contribution in [3.8, 4) is 0 Å². The van der Waals surface area contributed by atoms with Crippen LogP contribution in [-0.4, -0.2) is 271 Å². The fourth-order valence-corrected chi connectivity index (χ4v) is 14.7. The number of amides is 13. The number of benzene rings is 3. The number of primary amides is 1. The van der Waals surface area contributed by atoms with E-state index in [1.165, 1.54) is 0 Å². The molecule has 0 aliphatic heterocycles. The van der Waals surface area contributed by atoms with Crippen LogP contribution >= 0.6 is 0 Å². The predicted octanol–water partition coefficient (Wildman–Crippen LogP) is -8.84. The van der Waals surface area contributed by atoms with E-state index in [1.54, 1.807) is 67.1 Å². The Kier molecular flexibility index (Phi) is 46.9. The summed E-state index contributed by atoms with van der Waals surface area (Å²) >= 11 is 0. The topological polar surface area (TPSA) is 961 Å². The molecule has 54 heteroatoms. The van der Waals surface area contributed by atoms with Gasteiger partial charge < -0.3 is 179 Å². The highest BCUT2D eigenvalue weighted by atomic mass is 16.2. The van der Waals surface area contributed by atoms with E-state index in [2.05, 4.69) is 121 Å². The molecule has 0 aliphatic carbocycles. The van der Waals surface area contributed by atoms with Gasteiger partial charge in [-0.05, 0) is 144 Å². The highest BCUT2D eigenvalue weighted by Crippen LogP contribution is 2.24. The predicted molar refractivity (Wildman–Crippen MR) is 522 cm³/mol. The minimum absolute atomic E-state index is 0.00229. The summed E-state index contributed by atoms with van der Waals surface area (Å²) in [5, 5.41) is 116. The summed E-state index contributed by atoms with van der Waals surface area (Å²) in [6.07, 6.45) is 3.89. The lowest BCUT2D eigenvalue weighted by atomic mass is 10.0. The van der Waals surface area contributed by atoms with E-state index >= 15 is 9.59 Å². The fraction of sp³-hybridized carbons (Fsp3) is 0.471. The number of H-pyrrole nitrogens is 3.